The Balaban J connectivity index is 3.35. The van der Waals surface area contributed by atoms with Gasteiger partial charge in [-0.25, -0.2) is 0 Å². The number of hydrogen-bond donors (Lipinski definition) is 0. The highest BCUT2D eigenvalue weighted by Crippen LogP contribution is 2.19. The number of nitrogens with zero attached hydrogens (tertiary/aromatic N) is 2. The predicted molar refractivity (Wildman–Crippen MR) is 59.2 cm³/mol. The van der Waals surface area contributed by atoms with Crippen LogP contribution in [-0.2, 0) is 0 Å². The third-order valence-electron chi connectivity index (χ3n) is 1.73. The second kappa shape index (κ2) is 8.29. The normalized spacial score (nSPS) is 14.2. The minimum Gasteiger partial charge on any atom is -0.185 e. The molecule has 2 atom stereocenters. The van der Waals surface area contributed by atoms with Crippen LogP contribution >= 0.6 is 23.5 Å². The minimum atomic E-state index is 0.421. The van der Waals surface area contributed by atoms with Crippen LogP contribution in [0.4, 0.5) is 0 Å². The Bertz CT molecular complexity index is 183. The topological polar surface area (TPSA) is 47.6 Å². The molecule has 0 aliphatic heterocycles. The van der Waals surface area contributed by atoms with Crippen molar-refractivity contribution in [3.8, 4) is 10.8 Å². The van der Waals surface area contributed by atoms with Crippen LogP contribution in [0.15, 0.2) is 0 Å². The van der Waals surface area contributed by atoms with Gasteiger partial charge in [-0.2, -0.15) is 10.5 Å². The van der Waals surface area contributed by atoms with E-state index in [9.17, 15) is 0 Å². The van der Waals surface area contributed by atoms with E-state index < -0.39 is 0 Å². The van der Waals surface area contributed by atoms with Gasteiger partial charge in [-0.05, 0) is 36.4 Å². The van der Waals surface area contributed by atoms with Crippen LogP contribution in [0.2, 0.25) is 0 Å². The first-order valence-corrected chi connectivity index (χ1v) is 6.06. The van der Waals surface area contributed by atoms with E-state index in [0.29, 0.717) is 10.5 Å². The summed E-state index contributed by atoms with van der Waals surface area (Å²) in [5.74, 6) is 0. The molecule has 0 heterocycles. The number of thioether (sulfide) groups is 2. The molecule has 0 aromatic heterocycles. The summed E-state index contributed by atoms with van der Waals surface area (Å²) in [6.45, 7) is 4.13. The fourth-order valence-electron chi connectivity index (χ4n) is 0.991. The number of thiocyanates is 2. The Kier molecular flexibility index (Phi) is 8.08. The van der Waals surface area contributed by atoms with E-state index in [0.717, 1.165) is 19.3 Å². The van der Waals surface area contributed by atoms with Crippen LogP contribution in [0.25, 0.3) is 0 Å². The van der Waals surface area contributed by atoms with Crippen molar-refractivity contribution in [2.75, 3.05) is 0 Å². The van der Waals surface area contributed by atoms with Crippen LogP contribution in [0, 0.1) is 21.3 Å². The van der Waals surface area contributed by atoms with E-state index in [-0.39, 0.29) is 0 Å². The molecule has 0 amide bonds. The van der Waals surface area contributed by atoms with E-state index >= 15 is 0 Å². The standard InChI is InChI=1S/C9H14N2S2/c1-8(12-6-10)4-3-5-9(2)13-7-11/h8-9H,3-5H2,1-2H3. The maximum atomic E-state index is 8.40. The van der Waals surface area contributed by atoms with Crippen molar-refractivity contribution in [2.45, 2.75) is 43.6 Å². The summed E-state index contributed by atoms with van der Waals surface area (Å²) in [5, 5.41) is 21.8. The van der Waals surface area contributed by atoms with Crippen LogP contribution in [-0.4, -0.2) is 10.5 Å². The molecule has 0 bridgehead atoms. The zero-order valence-corrected chi connectivity index (χ0v) is 9.62. The van der Waals surface area contributed by atoms with Crippen molar-refractivity contribution in [1.29, 1.82) is 10.5 Å². The smallest absolute Gasteiger partial charge is 0.133 e. The van der Waals surface area contributed by atoms with E-state index in [1.165, 1.54) is 23.5 Å². The van der Waals surface area contributed by atoms with E-state index in [4.69, 9.17) is 10.5 Å². The monoisotopic (exact) mass is 214 g/mol. The van der Waals surface area contributed by atoms with Crippen molar-refractivity contribution in [1.82, 2.24) is 0 Å². The molecule has 0 aliphatic rings. The molecule has 72 valence electrons. The Hall–Kier alpha value is -0.320. The van der Waals surface area contributed by atoms with Gasteiger partial charge in [0.2, 0.25) is 0 Å². The molecular formula is C9H14N2S2. The highest BCUT2D eigenvalue weighted by Gasteiger charge is 2.05. The van der Waals surface area contributed by atoms with E-state index in [2.05, 4.69) is 24.6 Å². The molecule has 2 unspecified atom stereocenters. The Morgan fingerprint density at radius 2 is 1.38 bits per heavy atom. The highest BCUT2D eigenvalue weighted by atomic mass is 32.2. The fourth-order valence-corrected chi connectivity index (χ4v) is 1.92. The van der Waals surface area contributed by atoms with Gasteiger partial charge in [-0.3, -0.25) is 0 Å². The largest absolute Gasteiger partial charge is 0.185 e. The zero-order valence-electron chi connectivity index (χ0n) is 7.99. The minimum absolute atomic E-state index is 0.421. The third-order valence-corrected chi connectivity index (χ3v) is 3.22. The molecule has 0 fully saturated rings. The average Bonchev–Trinajstić information content (AvgIpc) is 2.05. The summed E-state index contributed by atoms with van der Waals surface area (Å²) in [5.41, 5.74) is 0. The van der Waals surface area contributed by atoms with Crippen LogP contribution in [0.3, 0.4) is 0 Å². The lowest BCUT2D eigenvalue weighted by Crippen LogP contribution is -1.99. The summed E-state index contributed by atoms with van der Waals surface area (Å²) < 4.78 is 0. The van der Waals surface area contributed by atoms with Gasteiger partial charge in [0.25, 0.3) is 0 Å². The molecule has 13 heavy (non-hydrogen) atoms. The SMILES string of the molecule is CC(CCCC(C)SC#N)SC#N. The Morgan fingerprint density at radius 1 is 1.00 bits per heavy atom. The lowest BCUT2D eigenvalue weighted by molar-refractivity contribution is 0.675. The van der Waals surface area contributed by atoms with Gasteiger partial charge in [0.05, 0.1) is 0 Å². The van der Waals surface area contributed by atoms with Gasteiger partial charge in [0, 0.05) is 10.5 Å². The first kappa shape index (κ1) is 12.7. The van der Waals surface area contributed by atoms with Crippen molar-refractivity contribution < 1.29 is 0 Å². The number of hydrogen-bond acceptors (Lipinski definition) is 4. The lowest BCUT2D eigenvalue weighted by atomic mass is 10.2. The van der Waals surface area contributed by atoms with Crippen molar-refractivity contribution in [3.63, 3.8) is 0 Å². The van der Waals surface area contributed by atoms with E-state index in [1.54, 1.807) is 0 Å². The molecule has 0 radical (unpaired) electrons. The van der Waals surface area contributed by atoms with Gasteiger partial charge in [-0.1, -0.05) is 20.3 Å². The van der Waals surface area contributed by atoms with Gasteiger partial charge in [0.1, 0.15) is 10.8 Å². The van der Waals surface area contributed by atoms with Gasteiger partial charge < -0.3 is 0 Å². The molecule has 0 N–H and O–H groups in total. The van der Waals surface area contributed by atoms with Crippen molar-refractivity contribution >= 4 is 23.5 Å². The van der Waals surface area contributed by atoms with Crippen LogP contribution in [0.1, 0.15) is 33.1 Å². The van der Waals surface area contributed by atoms with E-state index in [1.807, 2.05) is 0 Å². The summed E-state index contributed by atoms with van der Waals surface area (Å²) in [6.07, 6.45) is 3.23. The van der Waals surface area contributed by atoms with Crippen LogP contribution < -0.4 is 0 Å². The van der Waals surface area contributed by atoms with Crippen LogP contribution in [0.5, 0.6) is 0 Å². The molecule has 0 aromatic carbocycles. The fraction of sp³-hybridized carbons (Fsp3) is 0.778. The van der Waals surface area contributed by atoms with Crippen molar-refractivity contribution in [3.05, 3.63) is 0 Å². The lowest BCUT2D eigenvalue weighted by Gasteiger charge is -2.08. The first-order valence-electron chi connectivity index (χ1n) is 4.30. The third kappa shape index (κ3) is 8.02. The Labute approximate surface area is 88.7 Å². The number of rotatable bonds is 6. The van der Waals surface area contributed by atoms with Gasteiger partial charge in [-0.15, -0.1) is 0 Å². The molecular weight excluding hydrogens is 200 g/mol. The summed E-state index contributed by atoms with van der Waals surface area (Å²) >= 11 is 2.66. The zero-order chi connectivity index (χ0) is 10.1. The highest BCUT2D eigenvalue weighted by molar-refractivity contribution is 8.04. The van der Waals surface area contributed by atoms with Gasteiger partial charge >= 0.3 is 0 Å². The quantitative estimate of drug-likeness (QED) is 0.636. The molecule has 0 saturated heterocycles. The molecule has 4 heteroatoms. The molecule has 0 saturated carbocycles. The second-order valence-electron chi connectivity index (χ2n) is 2.97. The second-order valence-corrected chi connectivity index (χ2v) is 5.42. The Morgan fingerprint density at radius 3 is 1.69 bits per heavy atom. The molecule has 0 aromatic rings. The van der Waals surface area contributed by atoms with Crippen molar-refractivity contribution in [2.24, 2.45) is 0 Å². The summed E-state index contributed by atoms with van der Waals surface area (Å²) in [7, 11) is 0. The molecule has 2 nitrogen and oxygen atoms in total. The maximum Gasteiger partial charge on any atom is 0.133 e. The first-order chi connectivity index (χ1) is 6.20. The molecule has 0 spiro atoms. The molecule has 0 rings (SSSR count). The maximum absolute atomic E-state index is 8.40. The number of nitriles is 2. The average molecular weight is 214 g/mol. The van der Waals surface area contributed by atoms with Gasteiger partial charge in [0.15, 0.2) is 0 Å². The predicted octanol–water partition coefficient (Wildman–Crippen LogP) is 3.36. The summed E-state index contributed by atoms with van der Waals surface area (Å²) in [6, 6.07) is 0. The molecule has 0 aliphatic carbocycles. The summed E-state index contributed by atoms with van der Waals surface area (Å²) in [4.78, 5) is 0.